The number of aliphatic hydroxyl groups excluding tert-OH is 1. The average Bonchev–Trinajstić information content (AvgIpc) is 3.09. The molecule has 2 aliphatic rings. The molecule has 4 atom stereocenters. The molecule has 1 heterocycles. The SMILES string of the molecule is O=C(NC(CCCO)c1ccccc1)NC1CCCC2OCCC12. The van der Waals surface area contributed by atoms with Crippen molar-refractivity contribution in [1.82, 2.24) is 10.6 Å². The van der Waals surface area contributed by atoms with E-state index in [1.165, 1.54) is 0 Å². The third kappa shape index (κ3) is 4.28. The highest BCUT2D eigenvalue weighted by Crippen LogP contribution is 2.34. The topological polar surface area (TPSA) is 70.6 Å². The van der Waals surface area contributed by atoms with Gasteiger partial charge >= 0.3 is 6.03 Å². The summed E-state index contributed by atoms with van der Waals surface area (Å²) in [6.07, 6.45) is 6.03. The summed E-state index contributed by atoms with van der Waals surface area (Å²) < 4.78 is 5.77. The van der Waals surface area contributed by atoms with E-state index in [0.29, 0.717) is 18.4 Å². The van der Waals surface area contributed by atoms with Crippen molar-refractivity contribution in [1.29, 1.82) is 0 Å². The van der Waals surface area contributed by atoms with Crippen LogP contribution in [-0.4, -0.2) is 36.5 Å². The first-order valence-corrected chi connectivity index (χ1v) is 9.12. The van der Waals surface area contributed by atoms with E-state index >= 15 is 0 Å². The number of fused-ring (bicyclic) bond motifs is 1. The number of nitrogens with one attached hydrogen (secondary N) is 2. The van der Waals surface area contributed by atoms with E-state index in [1.807, 2.05) is 30.3 Å². The zero-order valence-corrected chi connectivity index (χ0v) is 14.1. The fourth-order valence-corrected chi connectivity index (χ4v) is 4.03. The van der Waals surface area contributed by atoms with Crippen molar-refractivity contribution in [2.45, 2.75) is 56.7 Å². The minimum atomic E-state index is -0.112. The molecule has 132 valence electrons. The smallest absolute Gasteiger partial charge is 0.315 e. The normalized spacial score (nSPS) is 27.3. The molecular formula is C19H28N2O3. The lowest BCUT2D eigenvalue weighted by molar-refractivity contribution is 0.0548. The highest BCUT2D eigenvalue weighted by molar-refractivity contribution is 5.74. The molecule has 0 radical (unpaired) electrons. The molecule has 3 rings (SSSR count). The van der Waals surface area contributed by atoms with E-state index in [2.05, 4.69) is 10.6 Å². The highest BCUT2D eigenvalue weighted by Gasteiger charge is 2.38. The zero-order chi connectivity index (χ0) is 16.8. The summed E-state index contributed by atoms with van der Waals surface area (Å²) in [5.41, 5.74) is 1.08. The summed E-state index contributed by atoms with van der Waals surface area (Å²) in [5, 5.41) is 15.4. The fourth-order valence-electron chi connectivity index (χ4n) is 4.03. The summed E-state index contributed by atoms with van der Waals surface area (Å²) >= 11 is 0. The van der Waals surface area contributed by atoms with Gasteiger partial charge in [0, 0.05) is 25.2 Å². The third-order valence-electron chi connectivity index (χ3n) is 5.26. The monoisotopic (exact) mass is 332 g/mol. The predicted molar refractivity (Wildman–Crippen MR) is 92.7 cm³/mol. The first-order chi connectivity index (χ1) is 11.8. The second-order valence-corrected chi connectivity index (χ2v) is 6.85. The molecular weight excluding hydrogens is 304 g/mol. The lowest BCUT2D eigenvalue weighted by Gasteiger charge is -2.33. The number of urea groups is 1. The van der Waals surface area contributed by atoms with Crippen molar-refractivity contribution in [2.24, 2.45) is 5.92 Å². The standard InChI is InChI=1S/C19H28N2O3/c22-12-5-9-16(14-6-2-1-3-7-14)20-19(23)21-17-8-4-10-18-15(17)11-13-24-18/h1-3,6-7,15-18,22H,4-5,8-13H2,(H2,20,21,23). The van der Waals surface area contributed by atoms with Crippen molar-refractivity contribution in [2.75, 3.05) is 13.2 Å². The molecule has 0 spiro atoms. The lowest BCUT2D eigenvalue weighted by Crippen LogP contribution is -2.49. The molecule has 5 heteroatoms. The number of hydrogen-bond donors (Lipinski definition) is 3. The quantitative estimate of drug-likeness (QED) is 0.750. The molecule has 1 aromatic carbocycles. The van der Waals surface area contributed by atoms with Gasteiger partial charge in [-0.3, -0.25) is 0 Å². The zero-order valence-electron chi connectivity index (χ0n) is 14.1. The van der Waals surface area contributed by atoms with E-state index in [4.69, 9.17) is 9.84 Å². The number of aliphatic hydroxyl groups is 1. The van der Waals surface area contributed by atoms with Crippen LogP contribution in [0.4, 0.5) is 4.79 Å². The van der Waals surface area contributed by atoms with Crippen LogP contribution in [-0.2, 0) is 4.74 Å². The molecule has 24 heavy (non-hydrogen) atoms. The maximum Gasteiger partial charge on any atom is 0.315 e. The van der Waals surface area contributed by atoms with Crippen LogP contribution in [0.5, 0.6) is 0 Å². The van der Waals surface area contributed by atoms with Crippen molar-refractivity contribution in [3.05, 3.63) is 35.9 Å². The van der Waals surface area contributed by atoms with Crippen LogP contribution in [0.3, 0.4) is 0 Å². The number of benzene rings is 1. The minimum Gasteiger partial charge on any atom is -0.396 e. The van der Waals surface area contributed by atoms with E-state index in [9.17, 15) is 4.79 Å². The second kappa shape index (κ2) is 8.49. The summed E-state index contributed by atoms with van der Waals surface area (Å²) in [6.45, 7) is 0.953. The molecule has 4 unspecified atom stereocenters. The van der Waals surface area contributed by atoms with Crippen molar-refractivity contribution >= 4 is 6.03 Å². The van der Waals surface area contributed by atoms with Gasteiger partial charge in [-0.1, -0.05) is 30.3 Å². The van der Waals surface area contributed by atoms with Gasteiger partial charge in [0.05, 0.1) is 12.1 Å². The summed E-state index contributed by atoms with van der Waals surface area (Å²) in [6, 6.07) is 9.98. The van der Waals surface area contributed by atoms with E-state index in [1.54, 1.807) is 0 Å². The molecule has 0 aromatic heterocycles. The Morgan fingerprint density at radius 1 is 1.25 bits per heavy atom. The molecule has 2 fully saturated rings. The number of hydrogen-bond acceptors (Lipinski definition) is 3. The molecule has 1 saturated carbocycles. The molecule has 2 amide bonds. The van der Waals surface area contributed by atoms with Gasteiger partial charge in [-0.25, -0.2) is 4.79 Å². The van der Waals surface area contributed by atoms with E-state index in [-0.39, 0.29) is 24.7 Å². The van der Waals surface area contributed by atoms with Crippen LogP contribution >= 0.6 is 0 Å². The van der Waals surface area contributed by atoms with Gasteiger partial charge < -0.3 is 20.5 Å². The third-order valence-corrected chi connectivity index (χ3v) is 5.26. The molecule has 1 aliphatic heterocycles. The highest BCUT2D eigenvalue weighted by atomic mass is 16.5. The van der Waals surface area contributed by atoms with Crippen LogP contribution in [0.25, 0.3) is 0 Å². The average molecular weight is 332 g/mol. The van der Waals surface area contributed by atoms with Crippen LogP contribution in [0.2, 0.25) is 0 Å². The molecule has 0 bridgehead atoms. The number of ether oxygens (including phenoxy) is 1. The Hall–Kier alpha value is -1.59. The van der Waals surface area contributed by atoms with Crippen molar-refractivity contribution in [3.8, 4) is 0 Å². The molecule has 1 aliphatic carbocycles. The summed E-state index contributed by atoms with van der Waals surface area (Å²) in [7, 11) is 0. The number of carbonyl (C=O) groups is 1. The summed E-state index contributed by atoms with van der Waals surface area (Å²) in [5.74, 6) is 0.456. The van der Waals surface area contributed by atoms with Crippen LogP contribution in [0.1, 0.15) is 50.1 Å². The van der Waals surface area contributed by atoms with Gasteiger partial charge in [-0.2, -0.15) is 0 Å². The first kappa shape index (κ1) is 17.2. The number of rotatable bonds is 6. The molecule has 5 nitrogen and oxygen atoms in total. The van der Waals surface area contributed by atoms with E-state index < -0.39 is 0 Å². The van der Waals surface area contributed by atoms with Crippen molar-refractivity contribution < 1.29 is 14.6 Å². The summed E-state index contributed by atoms with van der Waals surface area (Å²) in [4.78, 5) is 12.5. The number of carbonyl (C=O) groups excluding carboxylic acids is 1. The molecule has 3 N–H and O–H groups in total. The maximum atomic E-state index is 12.5. The minimum absolute atomic E-state index is 0.0717. The second-order valence-electron chi connectivity index (χ2n) is 6.85. The van der Waals surface area contributed by atoms with Gasteiger partial charge in [0.1, 0.15) is 0 Å². The molecule has 1 saturated heterocycles. The fraction of sp³-hybridized carbons (Fsp3) is 0.632. The van der Waals surface area contributed by atoms with Crippen LogP contribution < -0.4 is 10.6 Å². The van der Waals surface area contributed by atoms with Gasteiger partial charge in [-0.05, 0) is 44.1 Å². The largest absolute Gasteiger partial charge is 0.396 e. The van der Waals surface area contributed by atoms with Gasteiger partial charge in [0.15, 0.2) is 0 Å². The van der Waals surface area contributed by atoms with Crippen LogP contribution in [0.15, 0.2) is 30.3 Å². The first-order valence-electron chi connectivity index (χ1n) is 9.12. The Balaban J connectivity index is 1.58. The Labute approximate surface area is 143 Å². The van der Waals surface area contributed by atoms with Gasteiger partial charge in [0.25, 0.3) is 0 Å². The van der Waals surface area contributed by atoms with Crippen LogP contribution in [0, 0.1) is 5.92 Å². The van der Waals surface area contributed by atoms with Gasteiger partial charge in [0.2, 0.25) is 0 Å². The Morgan fingerprint density at radius 3 is 2.88 bits per heavy atom. The lowest BCUT2D eigenvalue weighted by atomic mass is 9.82. The Kier molecular flexibility index (Phi) is 6.10. The number of amides is 2. The van der Waals surface area contributed by atoms with Gasteiger partial charge in [-0.15, -0.1) is 0 Å². The molecule has 1 aromatic rings. The van der Waals surface area contributed by atoms with Crippen molar-refractivity contribution in [3.63, 3.8) is 0 Å². The maximum absolute atomic E-state index is 12.5. The van der Waals surface area contributed by atoms with E-state index in [0.717, 1.165) is 44.3 Å². The Bertz CT molecular complexity index is 523. The predicted octanol–water partition coefficient (Wildman–Crippen LogP) is 2.76. The Morgan fingerprint density at radius 2 is 2.08 bits per heavy atom.